The third kappa shape index (κ3) is 5.66. The smallest absolute Gasteiger partial charge is 0.0541 e. The van der Waals surface area contributed by atoms with Crippen molar-refractivity contribution in [2.45, 2.75) is 0 Å². The highest BCUT2D eigenvalue weighted by atomic mass is 15.1. The van der Waals surface area contributed by atoms with Crippen molar-refractivity contribution in [3.05, 3.63) is 231 Å². The Morgan fingerprint density at radius 2 is 0.862 bits per heavy atom. The van der Waals surface area contributed by atoms with Gasteiger partial charge in [0.05, 0.1) is 22.4 Å². The predicted molar refractivity (Wildman–Crippen MR) is 247 cm³/mol. The highest BCUT2D eigenvalue weighted by Gasteiger charge is 2.21. The average Bonchev–Trinajstić information content (AvgIpc) is 3.64. The largest absolute Gasteiger partial charge is 0.310 e. The van der Waals surface area contributed by atoms with Gasteiger partial charge in [-0.3, -0.25) is 0 Å². The Morgan fingerprint density at radius 1 is 0.293 bits per heavy atom. The summed E-state index contributed by atoms with van der Waals surface area (Å²) in [6.07, 6.45) is 0. The minimum Gasteiger partial charge on any atom is -0.310 e. The van der Waals surface area contributed by atoms with E-state index in [-0.39, 0.29) is 0 Å². The molecule has 0 fully saturated rings. The van der Waals surface area contributed by atoms with Crippen LogP contribution in [0.4, 0.5) is 17.1 Å². The quantitative estimate of drug-likeness (QED) is 0.148. The fraction of sp³-hybridized carbons (Fsp3) is 0. The van der Waals surface area contributed by atoms with Crippen LogP contribution in [-0.2, 0) is 0 Å². The maximum Gasteiger partial charge on any atom is 0.0541 e. The van der Waals surface area contributed by atoms with Gasteiger partial charge in [0.15, 0.2) is 0 Å². The van der Waals surface area contributed by atoms with E-state index in [1.807, 2.05) is 0 Å². The maximum atomic E-state index is 2.43. The van der Waals surface area contributed by atoms with Crippen molar-refractivity contribution in [3.63, 3.8) is 0 Å². The monoisotopic (exact) mass is 738 g/mol. The van der Waals surface area contributed by atoms with Gasteiger partial charge in [0.2, 0.25) is 0 Å². The van der Waals surface area contributed by atoms with E-state index >= 15 is 0 Å². The number of benzene rings is 10. The summed E-state index contributed by atoms with van der Waals surface area (Å²) in [6, 6.07) is 83.7. The van der Waals surface area contributed by atoms with Crippen molar-refractivity contribution in [3.8, 4) is 39.1 Å². The van der Waals surface area contributed by atoms with Gasteiger partial charge >= 0.3 is 0 Å². The fourth-order valence-electron chi connectivity index (χ4n) is 8.94. The standard InChI is InChI=1S/C56H38N2/c1-2-17-39(18-3-1)41-20-16-21-44(37-41)57(43-35-33-40(34-36-43)52-38-42-19-4-5-22-45(42)46-23-6-7-24-47(46)52)53-29-12-8-25-48(53)49-26-9-13-30-54(49)58-55-31-14-10-27-50(55)51-28-11-15-32-56(51)58/h1-38H. The van der Waals surface area contributed by atoms with Crippen LogP contribution in [-0.4, -0.2) is 4.57 Å². The van der Waals surface area contributed by atoms with E-state index in [1.165, 1.54) is 65.6 Å². The first-order chi connectivity index (χ1) is 28.8. The summed E-state index contributed by atoms with van der Waals surface area (Å²) in [5.41, 5.74) is 13.9. The second-order valence-corrected chi connectivity index (χ2v) is 14.9. The minimum absolute atomic E-state index is 1.08. The summed E-state index contributed by atoms with van der Waals surface area (Å²) in [7, 11) is 0. The van der Waals surface area contributed by atoms with Crippen molar-refractivity contribution in [1.29, 1.82) is 0 Å². The molecule has 0 saturated heterocycles. The molecule has 11 rings (SSSR count). The summed E-state index contributed by atoms with van der Waals surface area (Å²) in [5.74, 6) is 0. The number of aromatic nitrogens is 1. The van der Waals surface area contributed by atoms with Crippen molar-refractivity contribution in [1.82, 2.24) is 4.57 Å². The number of nitrogens with zero attached hydrogens (tertiary/aromatic N) is 2. The molecule has 0 atom stereocenters. The lowest BCUT2D eigenvalue weighted by Gasteiger charge is -2.29. The van der Waals surface area contributed by atoms with Gasteiger partial charge in [0.1, 0.15) is 0 Å². The summed E-state index contributed by atoms with van der Waals surface area (Å²) >= 11 is 0. The molecule has 0 N–H and O–H groups in total. The Hall–Kier alpha value is -7.68. The third-order valence-corrected chi connectivity index (χ3v) is 11.6. The van der Waals surface area contributed by atoms with Crippen molar-refractivity contribution in [2.24, 2.45) is 0 Å². The molecule has 0 amide bonds. The minimum atomic E-state index is 1.08. The molecule has 272 valence electrons. The molecule has 0 spiro atoms. The van der Waals surface area contributed by atoms with E-state index in [9.17, 15) is 0 Å². The molecule has 0 bridgehead atoms. The Bertz CT molecular complexity index is 3230. The molecule has 0 radical (unpaired) electrons. The van der Waals surface area contributed by atoms with E-state index in [2.05, 4.69) is 240 Å². The number of hydrogen-bond acceptors (Lipinski definition) is 1. The van der Waals surface area contributed by atoms with E-state index in [4.69, 9.17) is 0 Å². The molecule has 58 heavy (non-hydrogen) atoms. The highest BCUT2D eigenvalue weighted by Crippen LogP contribution is 2.45. The third-order valence-electron chi connectivity index (χ3n) is 11.6. The first-order valence-electron chi connectivity index (χ1n) is 19.9. The van der Waals surface area contributed by atoms with Crippen LogP contribution in [0, 0.1) is 0 Å². The van der Waals surface area contributed by atoms with E-state index in [1.54, 1.807) is 0 Å². The fourth-order valence-corrected chi connectivity index (χ4v) is 8.94. The average molecular weight is 739 g/mol. The molecular formula is C56H38N2. The Balaban J connectivity index is 1.11. The van der Waals surface area contributed by atoms with E-state index in [0.717, 1.165) is 33.9 Å². The van der Waals surface area contributed by atoms with Crippen molar-refractivity contribution >= 4 is 60.4 Å². The van der Waals surface area contributed by atoms with Gasteiger partial charge in [-0.15, -0.1) is 0 Å². The zero-order valence-corrected chi connectivity index (χ0v) is 31.8. The number of rotatable bonds is 7. The molecule has 2 nitrogen and oxygen atoms in total. The van der Waals surface area contributed by atoms with Crippen LogP contribution in [0.2, 0.25) is 0 Å². The molecule has 0 aliphatic rings. The van der Waals surface area contributed by atoms with Crippen LogP contribution >= 0.6 is 0 Å². The van der Waals surface area contributed by atoms with Gasteiger partial charge < -0.3 is 9.47 Å². The first-order valence-corrected chi connectivity index (χ1v) is 19.9. The lowest BCUT2D eigenvalue weighted by Crippen LogP contribution is -2.11. The molecule has 10 aromatic carbocycles. The Kier molecular flexibility index (Phi) is 8.19. The zero-order chi connectivity index (χ0) is 38.4. The van der Waals surface area contributed by atoms with Crippen LogP contribution in [0.3, 0.4) is 0 Å². The summed E-state index contributed by atoms with van der Waals surface area (Å²) in [5, 5.41) is 7.55. The van der Waals surface area contributed by atoms with Gasteiger partial charge in [0.25, 0.3) is 0 Å². The SMILES string of the molecule is c1ccc(-c2cccc(N(c3ccc(-c4cc5ccccc5c5ccccc45)cc3)c3ccccc3-c3ccccc3-n3c4ccccc4c4ccccc43)c2)cc1. The van der Waals surface area contributed by atoms with E-state index < -0.39 is 0 Å². The molecule has 1 aromatic heterocycles. The number of fused-ring (bicyclic) bond motifs is 6. The van der Waals surface area contributed by atoms with Crippen LogP contribution in [0.5, 0.6) is 0 Å². The highest BCUT2D eigenvalue weighted by molar-refractivity contribution is 6.14. The molecule has 2 heteroatoms. The van der Waals surface area contributed by atoms with Crippen LogP contribution in [0.15, 0.2) is 231 Å². The first kappa shape index (κ1) is 33.6. The number of para-hydroxylation sites is 4. The van der Waals surface area contributed by atoms with Crippen LogP contribution in [0.25, 0.3) is 82.4 Å². The zero-order valence-electron chi connectivity index (χ0n) is 31.8. The molecule has 1 heterocycles. The van der Waals surface area contributed by atoms with Crippen molar-refractivity contribution < 1.29 is 0 Å². The predicted octanol–water partition coefficient (Wildman–Crippen LogP) is 15.6. The summed E-state index contributed by atoms with van der Waals surface area (Å²) in [6.45, 7) is 0. The van der Waals surface area contributed by atoms with Gasteiger partial charge in [-0.05, 0) is 98.4 Å². The molecular weight excluding hydrogens is 701 g/mol. The maximum absolute atomic E-state index is 2.43. The topological polar surface area (TPSA) is 8.17 Å². The molecule has 0 aliphatic heterocycles. The molecule has 0 unspecified atom stereocenters. The molecule has 0 saturated carbocycles. The van der Waals surface area contributed by atoms with E-state index in [0.29, 0.717) is 0 Å². The normalized spacial score (nSPS) is 11.4. The number of hydrogen-bond donors (Lipinski definition) is 0. The second-order valence-electron chi connectivity index (χ2n) is 14.9. The number of anilines is 3. The van der Waals surface area contributed by atoms with Gasteiger partial charge in [-0.1, -0.05) is 176 Å². The summed E-state index contributed by atoms with van der Waals surface area (Å²) < 4.78 is 2.43. The van der Waals surface area contributed by atoms with Crippen LogP contribution < -0.4 is 4.90 Å². The lowest BCUT2D eigenvalue weighted by atomic mass is 9.93. The van der Waals surface area contributed by atoms with Crippen LogP contribution in [0.1, 0.15) is 0 Å². The van der Waals surface area contributed by atoms with Gasteiger partial charge in [-0.25, -0.2) is 0 Å². The van der Waals surface area contributed by atoms with Gasteiger partial charge in [-0.2, -0.15) is 0 Å². The Morgan fingerprint density at radius 3 is 1.62 bits per heavy atom. The van der Waals surface area contributed by atoms with Gasteiger partial charge in [0, 0.05) is 33.3 Å². The second kappa shape index (κ2) is 14.1. The molecule has 11 aromatic rings. The van der Waals surface area contributed by atoms with Crippen molar-refractivity contribution in [2.75, 3.05) is 4.90 Å². The molecule has 0 aliphatic carbocycles. The summed E-state index contributed by atoms with van der Waals surface area (Å²) in [4.78, 5) is 2.42. The lowest BCUT2D eigenvalue weighted by molar-refractivity contribution is 1.18. The Labute approximate surface area is 338 Å².